The molecule has 0 aliphatic heterocycles. The van der Waals surface area contributed by atoms with Crippen LogP contribution in [0.15, 0.2) is 36.5 Å². The van der Waals surface area contributed by atoms with Gasteiger partial charge in [-0.1, -0.05) is 11.6 Å². The van der Waals surface area contributed by atoms with Crippen molar-refractivity contribution in [1.82, 2.24) is 40.3 Å². The number of nitrogens with zero attached hydrogens (tertiary/aromatic N) is 7. The molecule has 3 aromatic heterocycles. The van der Waals surface area contributed by atoms with Crippen molar-refractivity contribution in [3.63, 3.8) is 0 Å². The van der Waals surface area contributed by atoms with Crippen LogP contribution in [0.2, 0.25) is 5.02 Å². The number of amides is 2. The zero-order chi connectivity index (χ0) is 29.9. The first-order valence-corrected chi connectivity index (χ1v) is 14.7. The monoisotopic (exact) mass is 719 g/mol. The van der Waals surface area contributed by atoms with Crippen molar-refractivity contribution >= 4 is 63.5 Å². The molecule has 0 aliphatic carbocycles. The highest BCUT2D eigenvalue weighted by molar-refractivity contribution is 14.1. The molecule has 0 saturated carbocycles. The molecule has 0 saturated heterocycles. The number of pyridine rings is 1. The van der Waals surface area contributed by atoms with E-state index in [0.29, 0.717) is 21.8 Å². The van der Waals surface area contributed by atoms with Gasteiger partial charge in [0.15, 0.2) is 5.82 Å². The fraction of sp³-hybridized carbons (Fsp3) is 0.292. The van der Waals surface area contributed by atoms with Crippen molar-refractivity contribution in [3.05, 3.63) is 73.5 Å². The lowest BCUT2D eigenvalue weighted by atomic mass is 10.1. The van der Waals surface area contributed by atoms with E-state index in [1.807, 2.05) is 19.2 Å². The first-order valence-electron chi connectivity index (χ1n) is 11.8. The molecule has 4 rings (SSSR count). The number of halogens is 5. The van der Waals surface area contributed by atoms with Crippen molar-refractivity contribution in [2.75, 3.05) is 17.3 Å². The molecule has 1 atom stereocenters. The van der Waals surface area contributed by atoms with E-state index < -0.39 is 17.9 Å². The molecule has 3 heterocycles. The third-order valence-corrected chi connectivity index (χ3v) is 7.27. The number of hydrogen-bond donors (Lipinski definition) is 2. The van der Waals surface area contributed by atoms with Gasteiger partial charge in [0.2, 0.25) is 0 Å². The highest BCUT2D eigenvalue weighted by Gasteiger charge is 2.37. The molecule has 0 unspecified atom stereocenters. The van der Waals surface area contributed by atoms with E-state index in [0.717, 1.165) is 8.25 Å². The Morgan fingerprint density at radius 3 is 2.61 bits per heavy atom. The molecule has 216 valence electrons. The Morgan fingerprint density at radius 1 is 1.20 bits per heavy atom. The lowest BCUT2D eigenvalue weighted by molar-refractivity contribution is -0.145. The number of benzene rings is 1. The molecule has 4 aromatic rings. The average molecular weight is 720 g/mol. The molecule has 1 aromatic carbocycles. The van der Waals surface area contributed by atoms with E-state index in [1.165, 1.54) is 12.3 Å². The largest absolute Gasteiger partial charge is 0.455 e. The molecular weight excluding hydrogens is 698 g/mol. The van der Waals surface area contributed by atoms with E-state index in [1.54, 1.807) is 36.9 Å². The standard InChI is InChI=1S/C24H22ClF3IN9O2S/c1-12-7-14(29)8-16(21(39)31-13(2)11-41-3)19(12)32-22(40)18-9-15(10-37-35-23(33-36-37)24(26,27)28)34-38(18)20-17(25)5-4-6-30-20/h4-9,13H,10-11H2,1-3H3,(H,31,39)(H,32,40)/t13-/m0/s1. The van der Waals surface area contributed by atoms with Gasteiger partial charge >= 0.3 is 6.18 Å². The maximum atomic E-state index is 13.7. The number of carbonyl (C=O) groups is 2. The van der Waals surface area contributed by atoms with Gasteiger partial charge in [-0.2, -0.15) is 34.8 Å². The number of carbonyl (C=O) groups excluding carboxylic acids is 2. The van der Waals surface area contributed by atoms with Gasteiger partial charge < -0.3 is 10.6 Å². The maximum Gasteiger partial charge on any atom is 0.455 e. The highest BCUT2D eigenvalue weighted by Crippen LogP contribution is 2.27. The summed E-state index contributed by atoms with van der Waals surface area (Å²) < 4.78 is 40.8. The summed E-state index contributed by atoms with van der Waals surface area (Å²) in [6.45, 7) is 3.31. The van der Waals surface area contributed by atoms with Crippen LogP contribution in [0.3, 0.4) is 0 Å². The van der Waals surface area contributed by atoms with Gasteiger partial charge in [0.05, 0.1) is 22.0 Å². The summed E-state index contributed by atoms with van der Waals surface area (Å²) >= 11 is 10.0. The number of nitrogens with one attached hydrogen (secondary N) is 2. The van der Waals surface area contributed by atoms with Crippen LogP contribution in [0.25, 0.3) is 5.82 Å². The summed E-state index contributed by atoms with van der Waals surface area (Å²) in [5, 5.41) is 20.0. The molecule has 17 heteroatoms. The number of alkyl halides is 3. The Hall–Kier alpha value is -3.25. The van der Waals surface area contributed by atoms with Crippen LogP contribution in [0.5, 0.6) is 0 Å². The first-order chi connectivity index (χ1) is 19.4. The normalized spacial score (nSPS) is 12.3. The smallest absolute Gasteiger partial charge is 0.349 e. The van der Waals surface area contributed by atoms with Gasteiger partial charge in [-0.25, -0.2) is 9.67 Å². The van der Waals surface area contributed by atoms with Crippen molar-refractivity contribution in [2.45, 2.75) is 32.6 Å². The van der Waals surface area contributed by atoms with Crippen LogP contribution >= 0.6 is 46.0 Å². The predicted molar refractivity (Wildman–Crippen MR) is 155 cm³/mol. The van der Waals surface area contributed by atoms with Crippen LogP contribution < -0.4 is 10.6 Å². The summed E-state index contributed by atoms with van der Waals surface area (Å²) in [6, 6.07) is 7.84. The summed E-state index contributed by atoms with van der Waals surface area (Å²) in [6.07, 6.45) is -1.39. The molecule has 0 spiro atoms. The molecule has 0 aliphatic rings. The second kappa shape index (κ2) is 12.7. The number of hydrogen-bond acceptors (Lipinski definition) is 8. The van der Waals surface area contributed by atoms with Gasteiger partial charge in [0.1, 0.15) is 12.2 Å². The number of aromatic nitrogens is 7. The molecule has 0 radical (unpaired) electrons. The number of anilines is 1. The Bertz CT molecular complexity index is 1590. The number of tetrazole rings is 1. The molecule has 0 fully saturated rings. The van der Waals surface area contributed by atoms with Gasteiger partial charge in [-0.3, -0.25) is 9.59 Å². The summed E-state index contributed by atoms with van der Waals surface area (Å²) in [5.41, 5.74) is 1.28. The second-order valence-corrected chi connectivity index (χ2v) is 11.4. The first kappa shape index (κ1) is 30.7. The minimum Gasteiger partial charge on any atom is -0.349 e. The van der Waals surface area contributed by atoms with Crippen LogP contribution in [0.1, 0.15) is 44.9 Å². The Balaban J connectivity index is 1.71. The minimum atomic E-state index is -4.77. The Labute approximate surface area is 254 Å². The van der Waals surface area contributed by atoms with Gasteiger partial charge in [0.25, 0.3) is 17.6 Å². The number of aryl methyl sites for hydroxylation is 1. The molecule has 2 amide bonds. The topological polar surface area (TPSA) is 133 Å². The zero-order valence-corrected chi connectivity index (χ0v) is 25.4. The van der Waals surface area contributed by atoms with Gasteiger partial charge in [0, 0.05) is 21.6 Å². The van der Waals surface area contributed by atoms with E-state index >= 15 is 0 Å². The molecule has 41 heavy (non-hydrogen) atoms. The summed E-state index contributed by atoms with van der Waals surface area (Å²) in [4.78, 5) is 31.8. The van der Waals surface area contributed by atoms with E-state index in [-0.39, 0.29) is 46.3 Å². The van der Waals surface area contributed by atoms with Crippen LogP contribution in [0, 0.1) is 10.5 Å². The number of thioether (sulfide) groups is 1. The van der Waals surface area contributed by atoms with E-state index in [2.05, 4.69) is 58.7 Å². The third-order valence-electron chi connectivity index (χ3n) is 5.52. The summed E-state index contributed by atoms with van der Waals surface area (Å²) in [5.74, 6) is -1.62. The molecule has 11 nitrogen and oxygen atoms in total. The zero-order valence-electron chi connectivity index (χ0n) is 21.7. The second-order valence-electron chi connectivity index (χ2n) is 8.81. The number of rotatable bonds is 9. The quantitative estimate of drug-likeness (QED) is 0.240. The minimum absolute atomic E-state index is 0.0446. The lowest BCUT2D eigenvalue weighted by Gasteiger charge is -2.18. The van der Waals surface area contributed by atoms with Crippen LogP contribution in [-0.4, -0.2) is 64.8 Å². The highest BCUT2D eigenvalue weighted by atomic mass is 127. The Morgan fingerprint density at radius 2 is 1.95 bits per heavy atom. The third kappa shape index (κ3) is 7.34. The SMILES string of the molecule is CSC[C@H](C)NC(=O)c1cc(I)cc(C)c1NC(=O)c1cc(Cn2nnc(C(F)(F)F)n2)nn1-c1ncccc1Cl. The molecular formula is C24H22ClF3IN9O2S. The summed E-state index contributed by atoms with van der Waals surface area (Å²) in [7, 11) is 0. The predicted octanol–water partition coefficient (Wildman–Crippen LogP) is 4.62. The molecule has 0 bridgehead atoms. The van der Waals surface area contributed by atoms with Crippen molar-refractivity contribution in [3.8, 4) is 5.82 Å². The Kier molecular flexibility index (Phi) is 9.53. The van der Waals surface area contributed by atoms with Crippen LogP contribution in [0.4, 0.5) is 18.9 Å². The fourth-order valence-corrected chi connectivity index (χ4v) is 5.35. The van der Waals surface area contributed by atoms with Crippen LogP contribution in [-0.2, 0) is 12.7 Å². The van der Waals surface area contributed by atoms with E-state index in [9.17, 15) is 22.8 Å². The van der Waals surface area contributed by atoms with Crippen molar-refractivity contribution < 1.29 is 22.8 Å². The van der Waals surface area contributed by atoms with Gasteiger partial charge in [-0.05, 0) is 83.8 Å². The molecule has 2 N–H and O–H groups in total. The van der Waals surface area contributed by atoms with E-state index in [4.69, 9.17) is 11.6 Å². The van der Waals surface area contributed by atoms with Gasteiger partial charge in [-0.15, -0.1) is 10.2 Å². The lowest BCUT2D eigenvalue weighted by Crippen LogP contribution is -2.35. The van der Waals surface area contributed by atoms with Crippen molar-refractivity contribution in [1.29, 1.82) is 0 Å². The average Bonchev–Trinajstić information content (AvgIpc) is 3.53. The van der Waals surface area contributed by atoms with Crippen molar-refractivity contribution in [2.24, 2.45) is 0 Å². The maximum absolute atomic E-state index is 13.7. The fourth-order valence-electron chi connectivity index (χ4n) is 3.79.